The summed E-state index contributed by atoms with van der Waals surface area (Å²) in [5, 5.41) is 4.46. The molecule has 2 aromatic carbocycles. The van der Waals surface area contributed by atoms with Crippen molar-refractivity contribution in [3.05, 3.63) is 75.0 Å². The fourth-order valence-corrected chi connectivity index (χ4v) is 4.55. The Hall–Kier alpha value is -2.21. The van der Waals surface area contributed by atoms with Crippen LogP contribution < -0.4 is 5.32 Å². The second-order valence-corrected chi connectivity index (χ2v) is 8.70. The molecule has 2 heterocycles. The molecule has 0 atom stereocenters. The summed E-state index contributed by atoms with van der Waals surface area (Å²) >= 11 is 9.10. The van der Waals surface area contributed by atoms with Crippen LogP contribution in [0, 0.1) is 6.92 Å². The van der Waals surface area contributed by atoms with Gasteiger partial charge in [0.25, 0.3) is 0 Å². The number of hydrogen-bond acceptors (Lipinski definition) is 5. The van der Waals surface area contributed by atoms with Crippen LogP contribution in [0.4, 0.5) is 5.69 Å². The molecule has 3 nitrogen and oxygen atoms in total. The van der Waals surface area contributed by atoms with Crippen LogP contribution in [0.2, 0.25) is 4.47 Å². The Morgan fingerprint density at radius 3 is 2.58 bits per heavy atom. The lowest BCUT2D eigenvalue weighted by Gasteiger charge is -2.06. The molecule has 0 saturated heterocycles. The second-order valence-electron chi connectivity index (χ2n) is 5.80. The molecule has 130 valence electrons. The number of halogens is 1. The van der Waals surface area contributed by atoms with E-state index in [-0.39, 0.29) is 0 Å². The highest BCUT2D eigenvalue weighted by molar-refractivity contribution is 7.15. The number of nitrogens with one attached hydrogen (secondary N) is 1. The van der Waals surface area contributed by atoms with Crippen molar-refractivity contribution in [2.75, 3.05) is 5.32 Å². The largest absolute Gasteiger partial charge is 0.380 e. The Morgan fingerprint density at radius 1 is 1.00 bits per heavy atom. The van der Waals surface area contributed by atoms with Gasteiger partial charge in [0, 0.05) is 32.8 Å². The SMILES string of the molecule is Cc1sc(-c2cccc(NCc3cnc(Cl)s3)c2)nc1-c1ccccc1. The monoisotopic (exact) mass is 397 g/mol. The minimum absolute atomic E-state index is 0.572. The molecule has 4 rings (SSSR count). The summed E-state index contributed by atoms with van der Waals surface area (Å²) in [7, 11) is 0. The third-order valence-electron chi connectivity index (χ3n) is 3.95. The summed E-state index contributed by atoms with van der Waals surface area (Å²) in [5.41, 5.74) is 4.39. The summed E-state index contributed by atoms with van der Waals surface area (Å²) in [6.07, 6.45) is 1.81. The maximum Gasteiger partial charge on any atom is 0.183 e. The molecule has 0 spiro atoms. The van der Waals surface area contributed by atoms with Crippen molar-refractivity contribution in [1.29, 1.82) is 0 Å². The van der Waals surface area contributed by atoms with Crippen LogP contribution in [0.5, 0.6) is 0 Å². The highest BCUT2D eigenvalue weighted by Crippen LogP contribution is 2.34. The normalized spacial score (nSPS) is 10.8. The van der Waals surface area contributed by atoms with Gasteiger partial charge >= 0.3 is 0 Å². The number of nitrogens with zero attached hydrogens (tertiary/aromatic N) is 2. The van der Waals surface area contributed by atoms with Gasteiger partial charge in [-0.2, -0.15) is 0 Å². The lowest BCUT2D eigenvalue weighted by atomic mass is 10.1. The van der Waals surface area contributed by atoms with E-state index < -0.39 is 0 Å². The van der Waals surface area contributed by atoms with Gasteiger partial charge in [-0.25, -0.2) is 9.97 Å². The van der Waals surface area contributed by atoms with Gasteiger partial charge in [0.15, 0.2) is 4.47 Å². The van der Waals surface area contributed by atoms with Gasteiger partial charge in [0.05, 0.1) is 12.2 Å². The summed E-state index contributed by atoms with van der Waals surface area (Å²) in [6, 6.07) is 18.7. The van der Waals surface area contributed by atoms with Crippen LogP contribution in [0.1, 0.15) is 9.75 Å². The molecule has 0 bridgehead atoms. The summed E-state index contributed by atoms with van der Waals surface area (Å²) in [4.78, 5) is 11.3. The third kappa shape index (κ3) is 3.80. The third-order valence-corrected chi connectivity index (χ3v) is 6.08. The standard InChI is InChI=1S/C20H16ClN3S2/c1-13-18(14-6-3-2-4-7-14)24-19(25-13)15-8-5-9-16(10-15)22-11-17-12-23-20(21)26-17/h2-10,12,22H,11H2,1H3. The fourth-order valence-electron chi connectivity index (χ4n) is 2.70. The van der Waals surface area contributed by atoms with Crippen molar-refractivity contribution < 1.29 is 0 Å². The molecule has 0 aliphatic heterocycles. The predicted molar refractivity (Wildman–Crippen MR) is 112 cm³/mol. The Bertz CT molecular complexity index is 1020. The molecular weight excluding hydrogens is 382 g/mol. The molecule has 0 radical (unpaired) electrons. The zero-order chi connectivity index (χ0) is 17.9. The van der Waals surface area contributed by atoms with E-state index in [1.165, 1.54) is 16.2 Å². The van der Waals surface area contributed by atoms with Crippen molar-refractivity contribution >= 4 is 40.0 Å². The van der Waals surface area contributed by atoms with Crippen LogP contribution in [0.25, 0.3) is 21.8 Å². The topological polar surface area (TPSA) is 37.8 Å². The lowest BCUT2D eigenvalue weighted by Crippen LogP contribution is -1.97. The van der Waals surface area contributed by atoms with E-state index in [0.29, 0.717) is 11.0 Å². The quantitative estimate of drug-likeness (QED) is 0.417. The molecular formula is C20H16ClN3S2. The Morgan fingerprint density at radius 2 is 1.81 bits per heavy atom. The highest BCUT2D eigenvalue weighted by atomic mass is 35.5. The minimum atomic E-state index is 0.572. The number of hydrogen-bond donors (Lipinski definition) is 1. The zero-order valence-corrected chi connectivity index (χ0v) is 16.5. The van der Waals surface area contributed by atoms with E-state index in [0.717, 1.165) is 32.4 Å². The Balaban J connectivity index is 1.57. The van der Waals surface area contributed by atoms with E-state index in [1.54, 1.807) is 17.5 Å². The number of rotatable bonds is 5. The average molecular weight is 398 g/mol. The summed E-state index contributed by atoms with van der Waals surface area (Å²) < 4.78 is 0.572. The Kier molecular flexibility index (Phi) is 5.02. The lowest BCUT2D eigenvalue weighted by molar-refractivity contribution is 1.17. The molecule has 0 aliphatic carbocycles. The first kappa shape index (κ1) is 17.2. The Labute approximate surface area is 165 Å². The van der Waals surface area contributed by atoms with Gasteiger partial charge in [-0.05, 0) is 19.1 Å². The van der Waals surface area contributed by atoms with Gasteiger partial charge in [0.2, 0.25) is 0 Å². The van der Waals surface area contributed by atoms with Gasteiger partial charge in [-0.3, -0.25) is 0 Å². The van der Waals surface area contributed by atoms with Crippen molar-refractivity contribution in [3.63, 3.8) is 0 Å². The van der Waals surface area contributed by atoms with E-state index in [2.05, 4.69) is 53.6 Å². The maximum absolute atomic E-state index is 5.89. The molecule has 0 amide bonds. The molecule has 1 N–H and O–H groups in total. The van der Waals surface area contributed by atoms with Gasteiger partial charge in [-0.15, -0.1) is 22.7 Å². The number of thiazole rings is 2. The van der Waals surface area contributed by atoms with Gasteiger partial charge in [0.1, 0.15) is 5.01 Å². The van der Waals surface area contributed by atoms with E-state index in [9.17, 15) is 0 Å². The molecule has 0 saturated carbocycles. The summed E-state index contributed by atoms with van der Waals surface area (Å²) in [5.74, 6) is 0. The summed E-state index contributed by atoms with van der Waals surface area (Å²) in [6.45, 7) is 2.83. The van der Waals surface area contributed by atoms with Crippen LogP contribution in [-0.2, 0) is 6.54 Å². The zero-order valence-electron chi connectivity index (χ0n) is 14.1. The van der Waals surface area contributed by atoms with E-state index in [1.807, 2.05) is 18.2 Å². The molecule has 6 heteroatoms. The smallest absolute Gasteiger partial charge is 0.183 e. The average Bonchev–Trinajstić information content (AvgIpc) is 3.26. The first-order chi connectivity index (χ1) is 12.7. The first-order valence-corrected chi connectivity index (χ1v) is 10.2. The van der Waals surface area contributed by atoms with Gasteiger partial charge in [-0.1, -0.05) is 54.1 Å². The highest BCUT2D eigenvalue weighted by Gasteiger charge is 2.11. The molecule has 26 heavy (non-hydrogen) atoms. The van der Waals surface area contributed by atoms with Crippen molar-refractivity contribution in [2.24, 2.45) is 0 Å². The molecule has 4 aromatic rings. The fraction of sp³-hybridized carbons (Fsp3) is 0.100. The molecule has 0 fully saturated rings. The van der Waals surface area contributed by atoms with Crippen LogP contribution >= 0.6 is 34.3 Å². The predicted octanol–water partition coefficient (Wildman–Crippen LogP) is 6.51. The van der Waals surface area contributed by atoms with Crippen molar-refractivity contribution in [2.45, 2.75) is 13.5 Å². The molecule has 0 aliphatic rings. The van der Waals surface area contributed by atoms with Crippen molar-refractivity contribution in [3.8, 4) is 21.8 Å². The maximum atomic E-state index is 5.89. The van der Waals surface area contributed by atoms with E-state index in [4.69, 9.17) is 16.6 Å². The molecule has 2 aromatic heterocycles. The minimum Gasteiger partial charge on any atom is -0.380 e. The second kappa shape index (κ2) is 7.58. The van der Waals surface area contributed by atoms with Crippen LogP contribution in [0.3, 0.4) is 0 Å². The number of aromatic nitrogens is 2. The van der Waals surface area contributed by atoms with Crippen molar-refractivity contribution in [1.82, 2.24) is 9.97 Å². The van der Waals surface area contributed by atoms with Crippen LogP contribution in [-0.4, -0.2) is 9.97 Å². The van der Waals surface area contributed by atoms with Crippen LogP contribution in [0.15, 0.2) is 60.8 Å². The van der Waals surface area contributed by atoms with E-state index >= 15 is 0 Å². The molecule has 0 unspecified atom stereocenters. The first-order valence-electron chi connectivity index (χ1n) is 8.16. The number of aryl methyl sites for hydroxylation is 1. The van der Waals surface area contributed by atoms with Gasteiger partial charge < -0.3 is 5.32 Å². The number of benzene rings is 2. The number of anilines is 1.